The van der Waals surface area contributed by atoms with Gasteiger partial charge in [-0.2, -0.15) is 0 Å². The lowest BCUT2D eigenvalue weighted by molar-refractivity contribution is 0.0650. The third-order valence-corrected chi connectivity index (χ3v) is 5.32. The molecular weight excluding hydrogens is 344 g/mol. The number of imide groups is 1. The maximum Gasteiger partial charge on any atom is 0.261 e. The van der Waals surface area contributed by atoms with Crippen molar-refractivity contribution < 1.29 is 19.1 Å². The summed E-state index contributed by atoms with van der Waals surface area (Å²) in [5.74, 6) is 0.355. The van der Waals surface area contributed by atoms with Gasteiger partial charge in [-0.3, -0.25) is 14.5 Å². The van der Waals surface area contributed by atoms with Crippen molar-refractivity contribution in [3.8, 4) is 11.5 Å². The zero-order valence-corrected chi connectivity index (χ0v) is 15.5. The number of methoxy groups -OCH3 is 2. The fourth-order valence-electron chi connectivity index (χ4n) is 3.82. The molecule has 140 valence electrons. The molecule has 0 saturated heterocycles. The first-order valence-electron chi connectivity index (χ1n) is 9.09. The Kier molecular flexibility index (Phi) is 4.48. The van der Waals surface area contributed by atoms with E-state index in [9.17, 15) is 9.59 Å². The maximum absolute atomic E-state index is 12.7. The van der Waals surface area contributed by atoms with E-state index in [2.05, 4.69) is 17.4 Å². The first kappa shape index (κ1) is 17.4. The fourth-order valence-corrected chi connectivity index (χ4v) is 3.82. The van der Waals surface area contributed by atoms with Gasteiger partial charge in [-0.1, -0.05) is 18.2 Å². The lowest BCUT2D eigenvalue weighted by Gasteiger charge is -2.28. The molecule has 2 amide bonds. The highest BCUT2D eigenvalue weighted by Gasteiger charge is 2.37. The number of para-hydroxylation sites is 1. The number of aryl methyl sites for hydroxylation is 1. The van der Waals surface area contributed by atoms with Gasteiger partial charge in [0.25, 0.3) is 11.8 Å². The standard InChI is InChI=1S/C21H22N2O4/c1-26-18-11-15-16(12-19(18)27-2)21(25)23(20(15)24)10-9-14-8-7-13-5-3-4-6-17(13)22-14/h3-6,11-12,14,22H,7-10H2,1-2H3. The first-order valence-corrected chi connectivity index (χ1v) is 9.09. The predicted molar refractivity (Wildman–Crippen MR) is 102 cm³/mol. The molecule has 1 atom stereocenters. The van der Waals surface area contributed by atoms with Crippen molar-refractivity contribution in [1.82, 2.24) is 4.90 Å². The third-order valence-electron chi connectivity index (χ3n) is 5.32. The maximum atomic E-state index is 12.7. The summed E-state index contributed by atoms with van der Waals surface area (Å²) in [5.41, 5.74) is 3.21. The molecule has 27 heavy (non-hydrogen) atoms. The monoisotopic (exact) mass is 366 g/mol. The number of nitrogens with zero attached hydrogens (tertiary/aromatic N) is 1. The molecule has 0 saturated carbocycles. The largest absolute Gasteiger partial charge is 0.493 e. The molecule has 1 unspecified atom stereocenters. The van der Waals surface area contributed by atoms with E-state index >= 15 is 0 Å². The first-order chi connectivity index (χ1) is 13.1. The summed E-state index contributed by atoms with van der Waals surface area (Å²) in [5, 5.41) is 3.52. The van der Waals surface area contributed by atoms with Gasteiger partial charge in [0, 0.05) is 18.3 Å². The second-order valence-electron chi connectivity index (χ2n) is 6.84. The highest BCUT2D eigenvalue weighted by Crippen LogP contribution is 2.35. The highest BCUT2D eigenvalue weighted by atomic mass is 16.5. The number of anilines is 1. The van der Waals surface area contributed by atoms with Gasteiger partial charge in [0.05, 0.1) is 25.3 Å². The second kappa shape index (κ2) is 6.95. The smallest absolute Gasteiger partial charge is 0.261 e. The van der Waals surface area contributed by atoms with Crippen molar-refractivity contribution in [1.29, 1.82) is 0 Å². The Bertz CT molecular complexity index is 866. The molecule has 0 fully saturated rings. The Labute approximate surface area is 158 Å². The number of hydrogen-bond acceptors (Lipinski definition) is 5. The minimum absolute atomic E-state index is 0.244. The van der Waals surface area contributed by atoms with Gasteiger partial charge in [0.15, 0.2) is 11.5 Å². The average Bonchev–Trinajstić information content (AvgIpc) is 2.94. The van der Waals surface area contributed by atoms with Gasteiger partial charge in [0.2, 0.25) is 0 Å². The molecule has 2 aliphatic rings. The molecule has 2 aromatic rings. The lowest BCUT2D eigenvalue weighted by atomic mass is 9.96. The normalized spacial score (nSPS) is 18.0. The number of ether oxygens (including phenoxy) is 2. The molecule has 0 aromatic heterocycles. The van der Waals surface area contributed by atoms with Crippen LogP contribution < -0.4 is 14.8 Å². The molecule has 6 heteroatoms. The number of benzene rings is 2. The Morgan fingerprint density at radius 3 is 2.30 bits per heavy atom. The minimum Gasteiger partial charge on any atom is -0.493 e. The molecule has 0 aliphatic carbocycles. The summed E-state index contributed by atoms with van der Waals surface area (Å²) in [7, 11) is 3.02. The van der Waals surface area contributed by atoms with Crippen LogP contribution >= 0.6 is 0 Å². The summed E-state index contributed by atoms with van der Waals surface area (Å²) in [6.45, 7) is 0.386. The number of amides is 2. The average molecular weight is 366 g/mol. The molecular formula is C21H22N2O4. The van der Waals surface area contributed by atoms with E-state index in [0.29, 0.717) is 35.6 Å². The van der Waals surface area contributed by atoms with Crippen molar-refractivity contribution in [2.24, 2.45) is 0 Å². The predicted octanol–water partition coefficient (Wildman–Crippen LogP) is 3.12. The van der Waals surface area contributed by atoms with Crippen LogP contribution in [0, 0.1) is 0 Å². The van der Waals surface area contributed by atoms with Crippen molar-refractivity contribution >= 4 is 17.5 Å². The van der Waals surface area contributed by atoms with E-state index in [1.54, 1.807) is 12.1 Å². The fraction of sp³-hybridized carbons (Fsp3) is 0.333. The van der Waals surface area contributed by atoms with Crippen molar-refractivity contribution in [2.75, 3.05) is 26.1 Å². The summed E-state index contributed by atoms with van der Waals surface area (Å²) in [6, 6.07) is 11.7. The molecule has 6 nitrogen and oxygen atoms in total. The summed E-state index contributed by atoms with van der Waals surface area (Å²) in [4.78, 5) is 26.8. The molecule has 0 radical (unpaired) electrons. The lowest BCUT2D eigenvalue weighted by Crippen LogP contribution is -2.35. The SMILES string of the molecule is COc1cc2c(cc1OC)C(=O)N(CCC1CCc3ccccc3N1)C2=O. The van der Waals surface area contributed by atoms with Gasteiger partial charge in [-0.25, -0.2) is 0 Å². The summed E-state index contributed by atoms with van der Waals surface area (Å²) < 4.78 is 10.5. The van der Waals surface area contributed by atoms with E-state index in [1.807, 2.05) is 12.1 Å². The van der Waals surface area contributed by atoms with E-state index in [1.165, 1.54) is 24.7 Å². The molecule has 0 bridgehead atoms. The number of carbonyl (C=O) groups excluding carboxylic acids is 2. The Morgan fingerprint density at radius 2 is 1.67 bits per heavy atom. The summed E-state index contributed by atoms with van der Waals surface area (Å²) >= 11 is 0. The van der Waals surface area contributed by atoms with Crippen LogP contribution in [0.5, 0.6) is 11.5 Å². The van der Waals surface area contributed by atoms with E-state index in [-0.39, 0.29) is 17.9 Å². The van der Waals surface area contributed by atoms with Crippen LogP contribution in [0.1, 0.15) is 39.1 Å². The number of carbonyl (C=O) groups is 2. The van der Waals surface area contributed by atoms with Crippen molar-refractivity contribution in [2.45, 2.75) is 25.3 Å². The topological polar surface area (TPSA) is 67.9 Å². The van der Waals surface area contributed by atoms with Crippen LogP contribution in [0.15, 0.2) is 36.4 Å². The van der Waals surface area contributed by atoms with Crippen LogP contribution in [0.3, 0.4) is 0 Å². The molecule has 2 aromatic carbocycles. The molecule has 4 rings (SSSR count). The highest BCUT2D eigenvalue weighted by molar-refractivity contribution is 6.21. The minimum atomic E-state index is -0.271. The van der Waals surface area contributed by atoms with E-state index < -0.39 is 0 Å². The van der Waals surface area contributed by atoms with Crippen molar-refractivity contribution in [3.63, 3.8) is 0 Å². The van der Waals surface area contributed by atoms with E-state index in [4.69, 9.17) is 9.47 Å². The van der Waals surface area contributed by atoms with Gasteiger partial charge in [-0.15, -0.1) is 0 Å². The van der Waals surface area contributed by atoms with Crippen LogP contribution in [-0.4, -0.2) is 43.5 Å². The van der Waals surface area contributed by atoms with Crippen LogP contribution in [0.2, 0.25) is 0 Å². The number of rotatable bonds is 5. The molecule has 1 N–H and O–H groups in total. The van der Waals surface area contributed by atoms with Gasteiger partial charge >= 0.3 is 0 Å². The summed E-state index contributed by atoms with van der Waals surface area (Å²) in [6.07, 6.45) is 2.71. The van der Waals surface area contributed by atoms with Crippen LogP contribution in [0.4, 0.5) is 5.69 Å². The number of hydrogen-bond donors (Lipinski definition) is 1. The zero-order valence-electron chi connectivity index (χ0n) is 15.5. The number of fused-ring (bicyclic) bond motifs is 2. The molecule has 0 spiro atoms. The van der Waals surface area contributed by atoms with Crippen LogP contribution in [-0.2, 0) is 6.42 Å². The Hall–Kier alpha value is -3.02. The van der Waals surface area contributed by atoms with Gasteiger partial charge in [0.1, 0.15) is 0 Å². The van der Waals surface area contributed by atoms with Gasteiger partial charge in [-0.05, 0) is 43.0 Å². The quantitative estimate of drug-likeness (QED) is 0.824. The Balaban J connectivity index is 1.48. The van der Waals surface area contributed by atoms with Crippen LogP contribution in [0.25, 0.3) is 0 Å². The van der Waals surface area contributed by atoms with Gasteiger partial charge < -0.3 is 14.8 Å². The molecule has 2 aliphatic heterocycles. The molecule has 2 heterocycles. The van der Waals surface area contributed by atoms with Crippen molar-refractivity contribution in [3.05, 3.63) is 53.1 Å². The number of nitrogens with one attached hydrogen (secondary N) is 1. The van der Waals surface area contributed by atoms with E-state index in [0.717, 1.165) is 18.5 Å². The third kappa shape index (κ3) is 3.01. The second-order valence-corrected chi connectivity index (χ2v) is 6.84. The Morgan fingerprint density at radius 1 is 1.04 bits per heavy atom. The zero-order chi connectivity index (χ0) is 19.0.